The van der Waals surface area contributed by atoms with Crippen molar-refractivity contribution in [2.24, 2.45) is 5.92 Å². The van der Waals surface area contributed by atoms with Crippen molar-refractivity contribution in [3.05, 3.63) is 30.5 Å². The summed E-state index contributed by atoms with van der Waals surface area (Å²) in [4.78, 5) is 6.87. The van der Waals surface area contributed by atoms with Gasteiger partial charge in [0.2, 0.25) is 0 Å². The lowest BCUT2D eigenvalue weighted by Gasteiger charge is -2.36. The van der Waals surface area contributed by atoms with Gasteiger partial charge in [0.05, 0.1) is 23.9 Å². The number of hydrogen-bond donors (Lipinski definition) is 2. The van der Waals surface area contributed by atoms with E-state index >= 15 is 0 Å². The Balaban J connectivity index is 2.15. The van der Waals surface area contributed by atoms with Crippen LogP contribution in [0, 0.1) is 5.92 Å². The molecule has 2 unspecified atom stereocenters. The van der Waals surface area contributed by atoms with Crippen molar-refractivity contribution in [1.29, 1.82) is 0 Å². The number of ether oxygens (including phenoxy) is 1. The molecule has 0 saturated carbocycles. The molecule has 0 aliphatic rings. The Morgan fingerprint density at radius 2 is 2.04 bits per heavy atom. The van der Waals surface area contributed by atoms with Gasteiger partial charge in [-0.15, -0.1) is 0 Å². The normalized spacial score (nSPS) is 15.1. The molecule has 2 rings (SSSR count). The van der Waals surface area contributed by atoms with Crippen molar-refractivity contribution in [2.45, 2.75) is 52.7 Å². The molecule has 0 aliphatic heterocycles. The summed E-state index contributed by atoms with van der Waals surface area (Å²) in [6, 6.07) is 8.28. The van der Waals surface area contributed by atoms with Gasteiger partial charge in [0.25, 0.3) is 0 Å². The van der Waals surface area contributed by atoms with Gasteiger partial charge in [0, 0.05) is 43.3 Å². The van der Waals surface area contributed by atoms with Crippen molar-refractivity contribution in [3.8, 4) is 5.75 Å². The van der Waals surface area contributed by atoms with E-state index in [1.807, 2.05) is 31.2 Å². The number of nitrogens with one attached hydrogen (secondary N) is 1. The third-order valence-electron chi connectivity index (χ3n) is 4.93. The van der Waals surface area contributed by atoms with E-state index in [2.05, 4.69) is 42.9 Å². The molecular weight excluding hydrogens is 338 g/mol. The van der Waals surface area contributed by atoms with E-state index in [9.17, 15) is 5.11 Å². The SMILES string of the molecule is CCC(C)N(CC(C)C)CC(C)(O)CNc1cc(OC)cc2cccnc12. The molecule has 1 aromatic heterocycles. The lowest BCUT2D eigenvalue weighted by atomic mass is 10.0. The molecule has 2 aromatic rings. The first-order valence-electron chi connectivity index (χ1n) is 9.88. The molecule has 1 heterocycles. The first-order valence-corrected chi connectivity index (χ1v) is 9.88. The number of pyridine rings is 1. The van der Waals surface area contributed by atoms with E-state index in [-0.39, 0.29) is 0 Å². The Kier molecular flexibility index (Phi) is 7.45. The van der Waals surface area contributed by atoms with Crippen molar-refractivity contribution in [3.63, 3.8) is 0 Å². The highest BCUT2D eigenvalue weighted by molar-refractivity contribution is 5.91. The second-order valence-electron chi connectivity index (χ2n) is 8.18. The van der Waals surface area contributed by atoms with E-state index < -0.39 is 5.60 Å². The van der Waals surface area contributed by atoms with E-state index in [4.69, 9.17) is 4.74 Å². The maximum Gasteiger partial charge on any atom is 0.121 e. The topological polar surface area (TPSA) is 57.6 Å². The number of benzene rings is 1. The monoisotopic (exact) mass is 373 g/mol. The third kappa shape index (κ3) is 6.08. The second-order valence-corrected chi connectivity index (χ2v) is 8.18. The van der Waals surface area contributed by atoms with Gasteiger partial charge in [-0.05, 0) is 38.3 Å². The van der Waals surface area contributed by atoms with Crippen LogP contribution >= 0.6 is 0 Å². The molecule has 150 valence electrons. The number of fused-ring (bicyclic) bond motifs is 1. The van der Waals surface area contributed by atoms with E-state index in [0.29, 0.717) is 25.0 Å². The fraction of sp³-hybridized carbons (Fsp3) is 0.591. The first-order chi connectivity index (χ1) is 12.8. The smallest absolute Gasteiger partial charge is 0.121 e. The summed E-state index contributed by atoms with van der Waals surface area (Å²) < 4.78 is 5.41. The Hall–Kier alpha value is -1.85. The van der Waals surface area contributed by atoms with Gasteiger partial charge in [0.1, 0.15) is 5.75 Å². The molecule has 5 nitrogen and oxygen atoms in total. The fourth-order valence-corrected chi connectivity index (χ4v) is 3.32. The van der Waals surface area contributed by atoms with Crippen LogP contribution in [0.25, 0.3) is 10.9 Å². The van der Waals surface area contributed by atoms with Crippen LogP contribution in [0.15, 0.2) is 30.5 Å². The first kappa shape index (κ1) is 21.5. The minimum Gasteiger partial charge on any atom is -0.497 e. The molecule has 5 heteroatoms. The lowest BCUT2D eigenvalue weighted by Crippen LogP contribution is -2.49. The number of anilines is 1. The minimum atomic E-state index is -0.859. The third-order valence-corrected chi connectivity index (χ3v) is 4.93. The van der Waals surface area contributed by atoms with Crippen LogP contribution in [-0.4, -0.2) is 53.4 Å². The van der Waals surface area contributed by atoms with E-state index in [0.717, 1.165) is 35.3 Å². The highest BCUT2D eigenvalue weighted by Crippen LogP contribution is 2.28. The standard InChI is InChI=1S/C22H35N3O2/c1-7-17(4)25(13-16(2)3)15-22(5,26)14-24-20-12-19(27-6)11-18-9-8-10-23-21(18)20/h8-12,16-17,24,26H,7,13-15H2,1-6H3. The largest absolute Gasteiger partial charge is 0.497 e. The van der Waals surface area contributed by atoms with Crippen LogP contribution in [0.4, 0.5) is 5.69 Å². The molecule has 0 saturated heterocycles. The summed E-state index contributed by atoms with van der Waals surface area (Å²) >= 11 is 0. The number of aliphatic hydroxyl groups is 1. The predicted octanol–water partition coefficient (Wildman–Crippen LogP) is 4.16. The van der Waals surface area contributed by atoms with Gasteiger partial charge in [-0.3, -0.25) is 9.88 Å². The predicted molar refractivity (Wildman–Crippen MR) is 114 cm³/mol. The van der Waals surface area contributed by atoms with Crippen molar-refractivity contribution < 1.29 is 9.84 Å². The van der Waals surface area contributed by atoms with Crippen LogP contribution in [0.1, 0.15) is 41.0 Å². The fourth-order valence-electron chi connectivity index (χ4n) is 3.32. The van der Waals surface area contributed by atoms with E-state index in [1.165, 1.54) is 0 Å². The average molecular weight is 374 g/mol. The van der Waals surface area contributed by atoms with Gasteiger partial charge in [0.15, 0.2) is 0 Å². The maximum absolute atomic E-state index is 11.0. The summed E-state index contributed by atoms with van der Waals surface area (Å²) in [5.41, 5.74) is 0.905. The zero-order chi connectivity index (χ0) is 20.0. The highest BCUT2D eigenvalue weighted by atomic mass is 16.5. The molecule has 0 bridgehead atoms. The summed E-state index contributed by atoms with van der Waals surface area (Å²) in [5, 5.41) is 15.5. The summed E-state index contributed by atoms with van der Waals surface area (Å²) in [7, 11) is 1.66. The zero-order valence-corrected chi connectivity index (χ0v) is 17.6. The number of rotatable bonds is 10. The maximum atomic E-state index is 11.0. The summed E-state index contributed by atoms with van der Waals surface area (Å²) in [6.45, 7) is 12.8. The molecule has 2 N–H and O–H groups in total. The molecule has 0 radical (unpaired) electrons. The quantitative estimate of drug-likeness (QED) is 0.655. The Bertz CT molecular complexity index is 731. The molecule has 0 amide bonds. The molecule has 27 heavy (non-hydrogen) atoms. The molecule has 0 aliphatic carbocycles. The molecule has 0 spiro atoms. The van der Waals surface area contributed by atoms with Crippen LogP contribution < -0.4 is 10.1 Å². The van der Waals surface area contributed by atoms with Gasteiger partial charge < -0.3 is 15.2 Å². The number of aromatic nitrogens is 1. The van der Waals surface area contributed by atoms with Crippen molar-refractivity contribution >= 4 is 16.6 Å². The van der Waals surface area contributed by atoms with Crippen LogP contribution in [0.5, 0.6) is 5.75 Å². The summed E-state index contributed by atoms with van der Waals surface area (Å²) in [6.07, 6.45) is 2.85. The van der Waals surface area contributed by atoms with Crippen LogP contribution in [0.3, 0.4) is 0 Å². The van der Waals surface area contributed by atoms with Gasteiger partial charge >= 0.3 is 0 Å². The number of hydrogen-bond acceptors (Lipinski definition) is 5. The highest BCUT2D eigenvalue weighted by Gasteiger charge is 2.27. The molecular formula is C22H35N3O2. The molecule has 0 fully saturated rings. The number of nitrogens with zero attached hydrogens (tertiary/aromatic N) is 2. The van der Waals surface area contributed by atoms with Crippen LogP contribution in [0.2, 0.25) is 0 Å². The van der Waals surface area contributed by atoms with Gasteiger partial charge in [-0.2, -0.15) is 0 Å². The lowest BCUT2D eigenvalue weighted by molar-refractivity contribution is 0.0137. The number of methoxy groups -OCH3 is 1. The zero-order valence-electron chi connectivity index (χ0n) is 17.6. The van der Waals surface area contributed by atoms with Crippen molar-refractivity contribution in [2.75, 3.05) is 32.1 Å². The minimum absolute atomic E-state index is 0.441. The molecule has 1 aromatic carbocycles. The Morgan fingerprint density at radius 1 is 1.30 bits per heavy atom. The Labute approximate surface area is 163 Å². The molecule has 2 atom stereocenters. The van der Waals surface area contributed by atoms with Gasteiger partial charge in [-0.25, -0.2) is 0 Å². The second kappa shape index (κ2) is 9.38. The van der Waals surface area contributed by atoms with Gasteiger partial charge in [-0.1, -0.05) is 26.8 Å². The van der Waals surface area contributed by atoms with Crippen LogP contribution in [-0.2, 0) is 0 Å². The summed E-state index contributed by atoms with van der Waals surface area (Å²) in [5.74, 6) is 1.34. The van der Waals surface area contributed by atoms with Crippen molar-refractivity contribution in [1.82, 2.24) is 9.88 Å². The average Bonchev–Trinajstić information content (AvgIpc) is 2.64. The van der Waals surface area contributed by atoms with E-state index in [1.54, 1.807) is 13.3 Å². The Morgan fingerprint density at radius 3 is 2.67 bits per heavy atom.